The van der Waals surface area contributed by atoms with Crippen molar-refractivity contribution in [3.05, 3.63) is 71.5 Å². The summed E-state index contributed by atoms with van der Waals surface area (Å²) in [4.78, 5) is 17.8. The molecule has 1 saturated heterocycles. The zero-order valence-corrected chi connectivity index (χ0v) is 18.6. The second-order valence-corrected chi connectivity index (χ2v) is 8.63. The van der Waals surface area contributed by atoms with Crippen molar-refractivity contribution < 1.29 is 9.18 Å². The number of nitrogens with zero attached hydrogens (tertiary/aromatic N) is 2. The van der Waals surface area contributed by atoms with Crippen LogP contribution in [0.25, 0.3) is 0 Å². The van der Waals surface area contributed by atoms with Gasteiger partial charge in [-0.05, 0) is 63.2 Å². The summed E-state index contributed by atoms with van der Waals surface area (Å²) < 4.78 is 13.7. The van der Waals surface area contributed by atoms with E-state index in [-0.39, 0.29) is 29.1 Å². The standard InChI is InChI=1S/C25H34FN3O/c1-19(20-9-8-12-22(26)17-20)23(18-27-2)24(30)29-15-13-25(14-16-29,28(3)4)21-10-6-5-7-11-21/h5-12,17,19,23,27H,13-16,18H2,1-4H3/t19-,23+/m0/s1. The fraction of sp³-hybridized carbons (Fsp3) is 0.480. The molecule has 0 spiro atoms. The van der Waals surface area contributed by atoms with Gasteiger partial charge in [0, 0.05) is 25.2 Å². The highest BCUT2D eigenvalue weighted by Crippen LogP contribution is 2.38. The zero-order chi connectivity index (χ0) is 21.7. The van der Waals surface area contributed by atoms with Gasteiger partial charge in [0.15, 0.2) is 0 Å². The summed E-state index contributed by atoms with van der Waals surface area (Å²) in [5.74, 6) is -0.385. The first-order chi connectivity index (χ1) is 14.4. The number of amides is 1. The van der Waals surface area contributed by atoms with Gasteiger partial charge < -0.3 is 10.2 Å². The SMILES string of the molecule is CNC[C@@H](C(=O)N1CCC(c2ccccc2)(N(C)C)CC1)[C@@H](C)c1cccc(F)c1. The van der Waals surface area contributed by atoms with Gasteiger partial charge in [0.25, 0.3) is 0 Å². The van der Waals surface area contributed by atoms with Crippen LogP contribution in [0.3, 0.4) is 0 Å². The van der Waals surface area contributed by atoms with Crippen molar-refractivity contribution in [1.82, 2.24) is 15.1 Å². The number of nitrogens with one attached hydrogen (secondary N) is 1. The minimum absolute atomic E-state index is 0.0509. The Morgan fingerprint density at radius 2 is 1.80 bits per heavy atom. The molecule has 162 valence electrons. The van der Waals surface area contributed by atoms with Gasteiger partial charge in [0.1, 0.15) is 5.82 Å². The molecule has 30 heavy (non-hydrogen) atoms. The average molecular weight is 412 g/mol. The summed E-state index contributed by atoms with van der Waals surface area (Å²) in [6, 6.07) is 17.2. The number of hydrogen-bond acceptors (Lipinski definition) is 3. The molecule has 4 nitrogen and oxygen atoms in total. The van der Waals surface area contributed by atoms with E-state index in [1.54, 1.807) is 12.1 Å². The van der Waals surface area contributed by atoms with Gasteiger partial charge in [-0.1, -0.05) is 49.4 Å². The van der Waals surface area contributed by atoms with E-state index in [0.29, 0.717) is 6.54 Å². The molecule has 0 unspecified atom stereocenters. The van der Waals surface area contributed by atoms with Crippen LogP contribution in [0.4, 0.5) is 4.39 Å². The Bertz CT molecular complexity index is 831. The first kappa shape index (κ1) is 22.4. The Morgan fingerprint density at radius 3 is 2.37 bits per heavy atom. The van der Waals surface area contributed by atoms with E-state index in [1.807, 2.05) is 31.0 Å². The molecule has 2 aromatic rings. The molecular formula is C25H34FN3O. The summed E-state index contributed by atoms with van der Waals surface area (Å²) in [6.45, 7) is 4.04. The van der Waals surface area contributed by atoms with Crippen LogP contribution < -0.4 is 5.32 Å². The summed E-state index contributed by atoms with van der Waals surface area (Å²) in [6.07, 6.45) is 1.80. The third-order valence-corrected chi connectivity index (χ3v) is 6.79. The molecular weight excluding hydrogens is 377 g/mol. The van der Waals surface area contributed by atoms with Gasteiger partial charge in [-0.3, -0.25) is 9.69 Å². The highest BCUT2D eigenvalue weighted by molar-refractivity contribution is 5.80. The Kier molecular flexibility index (Phi) is 7.27. The zero-order valence-electron chi connectivity index (χ0n) is 18.6. The Morgan fingerprint density at radius 1 is 1.13 bits per heavy atom. The number of rotatable bonds is 7. The number of hydrogen-bond donors (Lipinski definition) is 1. The smallest absolute Gasteiger partial charge is 0.227 e. The summed E-state index contributed by atoms with van der Waals surface area (Å²) in [5, 5.41) is 3.16. The molecule has 0 bridgehead atoms. The van der Waals surface area contributed by atoms with E-state index >= 15 is 0 Å². The van der Waals surface area contributed by atoms with E-state index in [9.17, 15) is 9.18 Å². The van der Waals surface area contributed by atoms with Gasteiger partial charge in [-0.25, -0.2) is 4.39 Å². The quantitative estimate of drug-likeness (QED) is 0.752. The first-order valence-corrected chi connectivity index (χ1v) is 10.8. The van der Waals surface area contributed by atoms with Crippen LogP contribution >= 0.6 is 0 Å². The molecule has 0 aromatic heterocycles. The molecule has 1 fully saturated rings. The van der Waals surface area contributed by atoms with Crippen LogP contribution in [0.2, 0.25) is 0 Å². The number of likely N-dealkylation sites (tertiary alicyclic amines) is 1. The largest absolute Gasteiger partial charge is 0.342 e. The fourth-order valence-electron chi connectivity index (χ4n) is 4.79. The number of carbonyl (C=O) groups excluding carboxylic acids is 1. The van der Waals surface area contributed by atoms with Crippen LogP contribution in [-0.4, -0.2) is 56.5 Å². The highest BCUT2D eigenvalue weighted by atomic mass is 19.1. The van der Waals surface area contributed by atoms with Gasteiger partial charge in [-0.2, -0.15) is 0 Å². The maximum absolute atomic E-state index is 13.7. The number of halogens is 1. The lowest BCUT2D eigenvalue weighted by Gasteiger charge is -2.47. The predicted molar refractivity (Wildman–Crippen MR) is 120 cm³/mol. The van der Waals surface area contributed by atoms with Crippen molar-refractivity contribution in [2.75, 3.05) is 40.8 Å². The maximum atomic E-state index is 13.7. The third kappa shape index (κ3) is 4.57. The van der Waals surface area contributed by atoms with Crippen molar-refractivity contribution in [3.63, 3.8) is 0 Å². The Labute approximate surface area is 180 Å². The second-order valence-electron chi connectivity index (χ2n) is 8.63. The molecule has 1 aliphatic heterocycles. The van der Waals surface area contributed by atoms with Crippen molar-refractivity contribution >= 4 is 5.91 Å². The summed E-state index contributed by atoms with van der Waals surface area (Å²) in [5.41, 5.74) is 2.12. The molecule has 2 aromatic carbocycles. The predicted octanol–water partition coefficient (Wildman–Crippen LogP) is 3.84. The maximum Gasteiger partial charge on any atom is 0.227 e. The monoisotopic (exact) mass is 411 g/mol. The van der Waals surface area contributed by atoms with Gasteiger partial charge in [0.2, 0.25) is 5.91 Å². The average Bonchev–Trinajstić information content (AvgIpc) is 2.77. The number of carbonyl (C=O) groups is 1. The third-order valence-electron chi connectivity index (χ3n) is 6.79. The van der Waals surface area contributed by atoms with Crippen LogP contribution in [0.1, 0.15) is 36.8 Å². The molecule has 2 atom stereocenters. The number of piperidine rings is 1. The first-order valence-electron chi connectivity index (χ1n) is 10.8. The topological polar surface area (TPSA) is 35.6 Å². The Balaban J connectivity index is 1.76. The van der Waals surface area contributed by atoms with Crippen molar-refractivity contribution in [2.24, 2.45) is 5.92 Å². The lowest BCUT2D eigenvalue weighted by atomic mass is 9.79. The van der Waals surface area contributed by atoms with E-state index in [1.165, 1.54) is 11.6 Å². The molecule has 5 heteroatoms. The van der Waals surface area contributed by atoms with Gasteiger partial charge in [-0.15, -0.1) is 0 Å². The Hall–Kier alpha value is -2.24. The minimum atomic E-state index is -0.258. The van der Waals surface area contributed by atoms with E-state index in [2.05, 4.69) is 48.6 Å². The molecule has 1 aliphatic rings. The normalized spacial score (nSPS) is 18.3. The van der Waals surface area contributed by atoms with E-state index in [4.69, 9.17) is 0 Å². The van der Waals surface area contributed by atoms with E-state index in [0.717, 1.165) is 31.5 Å². The minimum Gasteiger partial charge on any atom is -0.342 e. The molecule has 1 amide bonds. The van der Waals surface area contributed by atoms with Crippen molar-refractivity contribution in [3.8, 4) is 0 Å². The summed E-state index contributed by atoms with van der Waals surface area (Å²) in [7, 11) is 6.11. The molecule has 0 saturated carbocycles. The molecule has 1 heterocycles. The fourth-order valence-corrected chi connectivity index (χ4v) is 4.79. The van der Waals surface area contributed by atoms with Crippen LogP contribution in [0.5, 0.6) is 0 Å². The lowest BCUT2D eigenvalue weighted by Crippen LogP contribution is -2.53. The van der Waals surface area contributed by atoms with Crippen LogP contribution in [0.15, 0.2) is 54.6 Å². The molecule has 0 aliphatic carbocycles. The van der Waals surface area contributed by atoms with Crippen LogP contribution in [0, 0.1) is 11.7 Å². The van der Waals surface area contributed by atoms with Crippen molar-refractivity contribution in [2.45, 2.75) is 31.2 Å². The molecule has 3 rings (SSSR count). The number of benzene rings is 2. The lowest BCUT2D eigenvalue weighted by molar-refractivity contribution is -0.138. The van der Waals surface area contributed by atoms with Gasteiger partial charge >= 0.3 is 0 Å². The highest BCUT2D eigenvalue weighted by Gasteiger charge is 2.40. The molecule has 0 radical (unpaired) electrons. The second kappa shape index (κ2) is 9.71. The van der Waals surface area contributed by atoms with Gasteiger partial charge in [0.05, 0.1) is 5.92 Å². The van der Waals surface area contributed by atoms with Crippen molar-refractivity contribution in [1.29, 1.82) is 0 Å². The molecule has 1 N–H and O–H groups in total. The van der Waals surface area contributed by atoms with Crippen LogP contribution in [-0.2, 0) is 10.3 Å². The van der Waals surface area contributed by atoms with E-state index < -0.39 is 0 Å². The summed E-state index contributed by atoms with van der Waals surface area (Å²) >= 11 is 0.